The highest BCUT2D eigenvalue weighted by Gasteiger charge is 2.27. The first-order valence-corrected chi connectivity index (χ1v) is 13.8. The van der Waals surface area contributed by atoms with E-state index in [1.165, 1.54) is 0 Å². The second kappa shape index (κ2) is 13.0. The van der Waals surface area contributed by atoms with E-state index in [0.717, 1.165) is 55.6 Å². The van der Waals surface area contributed by atoms with Crippen LogP contribution in [0, 0.1) is 6.92 Å². The van der Waals surface area contributed by atoms with Crippen molar-refractivity contribution in [1.82, 2.24) is 15.6 Å². The van der Waals surface area contributed by atoms with Crippen LogP contribution in [-0.2, 0) is 0 Å². The molecule has 1 aliphatic heterocycles. The SMILES string of the molecule is Cc1ccc(C(=O)NC2CCC(NC(=O)c3cccnc3OC3CCSCC3)CC2)c(OCCO)c1. The van der Waals surface area contributed by atoms with Crippen LogP contribution < -0.4 is 20.1 Å². The van der Waals surface area contributed by atoms with Crippen molar-refractivity contribution >= 4 is 23.6 Å². The van der Waals surface area contributed by atoms with E-state index in [1.54, 1.807) is 30.5 Å². The van der Waals surface area contributed by atoms with Gasteiger partial charge in [0.15, 0.2) is 0 Å². The average molecular weight is 514 g/mol. The van der Waals surface area contributed by atoms with Gasteiger partial charge in [0.25, 0.3) is 11.8 Å². The summed E-state index contributed by atoms with van der Waals surface area (Å²) in [5, 5.41) is 15.3. The van der Waals surface area contributed by atoms with Crippen LogP contribution in [0.15, 0.2) is 36.5 Å². The summed E-state index contributed by atoms with van der Waals surface area (Å²) >= 11 is 1.93. The van der Waals surface area contributed by atoms with Crippen molar-refractivity contribution in [2.24, 2.45) is 0 Å². The molecule has 2 fully saturated rings. The largest absolute Gasteiger partial charge is 0.490 e. The maximum absolute atomic E-state index is 13.0. The standard InChI is InChI=1S/C27H35N3O5S/c1-18-4-9-22(24(17-18)34-14-13-31)25(32)29-19-5-7-20(8-6-19)30-26(33)23-3-2-12-28-27(23)35-21-10-15-36-16-11-21/h2-4,9,12,17,19-21,31H,5-8,10-11,13-16H2,1H3,(H,29,32)(H,30,33). The number of rotatable bonds is 9. The fourth-order valence-electron chi connectivity index (χ4n) is 4.61. The van der Waals surface area contributed by atoms with Crippen LogP contribution in [0.5, 0.6) is 11.6 Å². The molecule has 36 heavy (non-hydrogen) atoms. The van der Waals surface area contributed by atoms with Gasteiger partial charge in [-0.3, -0.25) is 9.59 Å². The lowest BCUT2D eigenvalue weighted by atomic mass is 9.90. The molecular formula is C27H35N3O5S. The lowest BCUT2D eigenvalue weighted by Gasteiger charge is -2.30. The smallest absolute Gasteiger partial charge is 0.256 e. The molecule has 2 aliphatic rings. The van der Waals surface area contributed by atoms with Gasteiger partial charge in [0.2, 0.25) is 5.88 Å². The Morgan fingerprint density at radius 3 is 2.33 bits per heavy atom. The van der Waals surface area contributed by atoms with E-state index in [2.05, 4.69) is 15.6 Å². The Bertz CT molecular complexity index is 1040. The highest BCUT2D eigenvalue weighted by Crippen LogP contribution is 2.26. The highest BCUT2D eigenvalue weighted by atomic mass is 32.2. The minimum atomic E-state index is -0.186. The number of hydrogen-bond donors (Lipinski definition) is 3. The van der Waals surface area contributed by atoms with Crippen molar-refractivity contribution < 1.29 is 24.2 Å². The van der Waals surface area contributed by atoms with Crippen molar-refractivity contribution in [2.45, 2.75) is 63.6 Å². The van der Waals surface area contributed by atoms with Crippen molar-refractivity contribution in [3.05, 3.63) is 53.2 Å². The quantitative estimate of drug-likeness (QED) is 0.471. The number of hydrogen-bond acceptors (Lipinski definition) is 7. The van der Waals surface area contributed by atoms with Gasteiger partial charge in [-0.15, -0.1) is 0 Å². The van der Waals surface area contributed by atoms with Crippen molar-refractivity contribution in [1.29, 1.82) is 0 Å². The van der Waals surface area contributed by atoms with Crippen molar-refractivity contribution in [2.75, 3.05) is 24.7 Å². The topological polar surface area (TPSA) is 110 Å². The lowest BCUT2D eigenvalue weighted by molar-refractivity contribution is 0.0883. The van der Waals surface area contributed by atoms with Gasteiger partial charge in [0.1, 0.15) is 24.0 Å². The monoisotopic (exact) mass is 513 g/mol. The molecule has 194 valence electrons. The molecule has 0 atom stereocenters. The third kappa shape index (κ3) is 7.13. The molecule has 2 aromatic rings. The molecule has 1 aliphatic carbocycles. The van der Waals surface area contributed by atoms with Crippen LogP contribution in [0.25, 0.3) is 0 Å². The van der Waals surface area contributed by atoms with E-state index in [4.69, 9.17) is 14.6 Å². The van der Waals surface area contributed by atoms with Gasteiger partial charge in [-0.05, 0) is 86.8 Å². The van der Waals surface area contributed by atoms with E-state index in [1.807, 2.05) is 24.8 Å². The van der Waals surface area contributed by atoms with Gasteiger partial charge in [0.05, 0.1) is 12.2 Å². The second-order valence-corrected chi connectivity index (χ2v) is 10.6. The van der Waals surface area contributed by atoms with E-state index in [0.29, 0.717) is 22.8 Å². The van der Waals surface area contributed by atoms with Crippen LogP contribution >= 0.6 is 11.8 Å². The first-order valence-electron chi connectivity index (χ1n) is 12.7. The molecule has 0 radical (unpaired) electrons. The van der Waals surface area contributed by atoms with Gasteiger partial charge in [0, 0.05) is 18.3 Å². The number of thioether (sulfide) groups is 1. The molecule has 1 aromatic heterocycles. The number of pyridine rings is 1. The number of amides is 2. The summed E-state index contributed by atoms with van der Waals surface area (Å²) in [6, 6.07) is 9.01. The fraction of sp³-hybridized carbons (Fsp3) is 0.519. The molecule has 4 rings (SSSR count). The normalized spacial score (nSPS) is 20.4. The van der Waals surface area contributed by atoms with Crippen LogP contribution in [-0.4, -0.2) is 64.8 Å². The molecular weight excluding hydrogens is 478 g/mol. The average Bonchev–Trinajstić information content (AvgIpc) is 2.89. The number of nitrogens with one attached hydrogen (secondary N) is 2. The maximum atomic E-state index is 13.0. The number of ether oxygens (including phenoxy) is 2. The first-order chi connectivity index (χ1) is 17.5. The number of aryl methyl sites for hydroxylation is 1. The molecule has 0 bridgehead atoms. The van der Waals surface area contributed by atoms with Gasteiger partial charge in [-0.2, -0.15) is 11.8 Å². The molecule has 0 unspecified atom stereocenters. The van der Waals surface area contributed by atoms with Gasteiger partial charge >= 0.3 is 0 Å². The van der Waals surface area contributed by atoms with E-state index < -0.39 is 0 Å². The lowest BCUT2D eigenvalue weighted by Crippen LogP contribution is -2.44. The molecule has 8 nitrogen and oxygen atoms in total. The summed E-state index contributed by atoms with van der Waals surface area (Å²) in [5.74, 6) is 2.67. The molecule has 1 aromatic carbocycles. The van der Waals surface area contributed by atoms with Crippen LogP contribution in [0.4, 0.5) is 0 Å². The summed E-state index contributed by atoms with van der Waals surface area (Å²) in [7, 11) is 0. The second-order valence-electron chi connectivity index (χ2n) is 9.35. The summed E-state index contributed by atoms with van der Waals surface area (Å²) in [4.78, 5) is 30.3. The molecule has 2 amide bonds. The molecule has 9 heteroatoms. The van der Waals surface area contributed by atoms with Crippen LogP contribution in [0.2, 0.25) is 0 Å². The van der Waals surface area contributed by atoms with E-state index >= 15 is 0 Å². The molecule has 1 saturated heterocycles. The number of carbonyl (C=O) groups excluding carboxylic acids is 2. The number of aliphatic hydroxyl groups is 1. The molecule has 3 N–H and O–H groups in total. The Kier molecular flexibility index (Phi) is 9.47. The summed E-state index contributed by atoms with van der Waals surface area (Å²) < 4.78 is 11.6. The third-order valence-electron chi connectivity index (χ3n) is 6.59. The number of aromatic nitrogens is 1. The van der Waals surface area contributed by atoms with Crippen molar-refractivity contribution in [3.8, 4) is 11.6 Å². The summed E-state index contributed by atoms with van der Waals surface area (Å²) in [5.41, 5.74) is 1.92. The predicted octanol–water partition coefficient (Wildman–Crippen LogP) is 3.51. The fourth-order valence-corrected chi connectivity index (χ4v) is 5.67. The molecule has 2 heterocycles. The van der Waals surface area contributed by atoms with Gasteiger partial charge < -0.3 is 25.2 Å². The number of benzene rings is 1. The minimum absolute atomic E-state index is 0.0269. The highest BCUT2D eigenvalue weighted by molar-refractivity contribution is 7.99. The van der Waals surface area contributed by atoms with Gasteiger partial charge in [-0.25, -0.2) is 4.98 Å². The zero-order valence-corrected chi connectivity index (χ0v) is 21.5. The van der Waals surface area contributed by atoms with Gasteiger partial charge in [-0.1, -0.05) is 6.07 Å². The Hall–Kier alpha value is -2.78. The summed E-state index contributed by atoms with van der Waals surface area (Å²) in [6.45, 7) is 1.95. The molecule has 1 saturated carbocycles. The van der Waals surface area contributed by atoms with Crippen LogP contribution in [0.3, 0.4) is 0 Å². The predicted molar refractivity (Wildman–Crippen MR) is 140 cm³/mol. The maximum Gasteiger partial charge on any atom is 0.256 e. The Labute approximate surface area is 216 Å². The van der Waals surface area contributed by atoms with E-state index in [-0.39, 0.29) is 43.2 Å². The Balaban J connectivity index is 1.29. The minimum Gasteiger partial charge on any atom is -0.490 e. The Morgan fingerprint density at radius 1 is 1.00 bits per heavy atom. The van der Waals surface area contributed by atoms with Crippen molar-refractivity contribution in [3.63, 3.8) is 0 Å². The first kappa shape index (κ1) is 26.3. The Morgan fingerprint density at radius 2 is 1.67 bits per heavy atom. The summed E-state index contributed by atoms with van der Waals surface area (Å²) in [6.07, 6.45) is 6.78. The number of carbonyl (C=O) groups is 2. The zero-order valence-electron chi connectivity index (χ0n) is 20.7. The zero-order chi connectivity index (χ0) is 25.3. The number of nitrogens with zero attached hydrogens (tertiary/aromatic N) is 1. The van der Waals surface area contributed by atoms with E-state index in [9.17, 15) is 9.59 Å². The van der Waals surface area contributed by atoms with Crippen LogP contribution in [0.1, 0.15) is 64.8 Å². The number of aliphatic hydroxyl groups excluding tert-OH is 1. The molecule has 0 spiro atoms. The third-order valence-corrected chi connectivity index (χ3v) is 7.64.